The summed E-state index contributed by atoms with van der Waals surface area (Å²) in [4.78, 5) is 0. The van der Waals surface area contributed by atoms with E-state index in [1.165, 1.54) is 0 Å². The lowest BCUT2D eigenvalue weighted by Crippen LogP contribution is -2.33. The fourth-order valence-electron chi connectivity index (χ4n) is 1.59. The van der Waals surface area contributed by atoms with Crippen LogP contribution in [-0.4, -0.2) is 32.7 Å². The Labute approximate surface area is 108 Å². The number of nitrogens with zero attached hydrogens (tertiary/aromatic N) is 2. The van der Waals surface area contributed by atoms with E-state index < -0.39 is 10.8 Å². The summed E-state index contributed by atoms with van der Waals surface area (Å²) in [5.74, 6) is 0. The van der Waals surface area contributed by atoms with E-state index in [1.54, 1.807) is 12.1 Å². The van der Waals surface area contributed by atoms with Gasteiger partial charge < -0.3 is 5.32 Å². The van der Waals surface area contributed by atoms with Crippen molar-refractivity contribution in [2.24, 2.45) is 0 Å². The molecule has 1 saturated heterocycles. The first-order chi connectivity index (χ1) is 7.27. The Bertz CT molecular complexity index is 354. The molecule has 2 rings (SSSR count). The summed E-state index contributed by atoms with van der Waals surface area (Å²) in [6.07, 6.45) is 1.85. The number of nitrogens with one attached hydrogen (secondary N) is 1. The zero-order valence-corrected chi connectivity index (χ0v) is 10.9. The fourth-order valence-corrected chi connectivity index (χ4v) is 3.02. The van der Waals surface area contributed by atoms with Crippen LogP contribution >= 0.6 is 24.0 Å². The first kappa shape index (κ1) is 13.8. The van der Waals surface area contributed by atoms with E-state index in [-0.39, 0.29) is 17.7 Å². The highest BCUT2D eigenvalue weighted by Crippen LogP contribution is 2.16. The molecule has 1 fully saturated rings. The Kier molecular flexibility index (Phi) is 5.61. The quantitative estimate of drug-likeness (QED) is 0.891. The maximum Gasteiger partial charge on any atom is 0.151 e. The zero-order chi connectivity index (χ0) is 10.7. The molecule has 0 saturated carbocycles. The highest BCUT2D eigenvalue weighted by Gasteiger charge is 2.21. The van der Waals surface area contributed by atoms with Gasteiger partial charge in [0.2, 0.25) is 0 Å². The molecule has 1 N–H and O–H groups in total. The van der Waals surface area contributed by atoms with Crippen LogP contribution in [0.5, 0.6) is 0 Å². The molecule has 1 aliphatic heterocycles. The molecule has 7 heteroatoms. The third kappa shape index (κ3) is 3.38. The van der Waals surface area contributed by atoms with Crippen molar-refractivity contribution in [2.75, 3.05) is 13.1 Å². The van der Waals surface area contributed by atoms with E-state index in [0.717, 1.165) is 25.9 Å². The normalized spacial score (nSPS) is 18.8. The van der Waals surface area contributed by atoms with Crippen molar-refractivity contribution < 1.29 is 4.21 Å². The maximum absolute atomic E-state index is 12.0. The number of aromatic nitrogens is 2. The van der Waals surface area contributed by atoms with Crippen LogP contribution in [0.15, 0.2) is 17.2 Å². The number of piperidine rings is 1. The lowest BCUT2D eigenvalue weighted by atomic mass is 10.2. The molecule has 1 unspecified atom stereocenters. The molecule has 0 radical (unpaired) electrons. The van der Waals surface area contributed by atoms with Gasteiger partial charge in [0.1, 0.15) is 5.03 Å². The summed E-state index contributed by atoms with van der Waals surface area (Å²) in [7, 11) is -1.05. The van der Waals surface area contributed by atoms with Gasteiger partial charge in [-0.2, -0.15) is 0 Å². The van der Waals surface area contributed by atoms with Gasteiger partial charge in [-0.25, -0.2) is 0 Å². The molecular formula is C9H13Cl2N3OS. The van der Waals surface area contributed by atoms with Crippen LogP contribution in [-0.2, 0) is 10.8 Å². The van der Waals surface area contributed by atoms with E-state index in [1.807, 2.05) is 0 Å². The summed E-state index contributed by atoms with van der Waals surface area (Å²) < 4.78 is 12.0. The Morgan fingerprint density at radius 1 is 1.31 bits per heavy atom. The van der Waals surface area contributed by atoms with Crippen LogP contribution in [0.4, 0.5) is 0 Å². The highest BCUT2D eigenvalue weighted by molar-refractivity contribution is 7.85. The molecule has 16 heavy (non-hydrogen) atoms. The van der Waals surface area contributed by atoms with Crippen molar-refractivity contribution in [1.82, 2.24) is 15.5 Å². The van der Waals surface area contributed by atoms with E-state index in [4.69, 9.17) is 11.6 Å². The van der Waals surface area contributed by atoms with E-state index >= 15 is 0 Å². The standard InChI is InChI=1S/C9H12ClN3OS.ClH/c10-8-1-2-9(13-12-8)15(14)7-3-5-11-6-4-7;/h1-2,7,11H,3-6H2;1H. The van der Waals surface area contributed by atoms with Crippen LogP contribution in [0.25, 0.3) is 0 Å². The SMILES string of the molecule is Cl.O=S(c1ccc(Cl)nn1)C1CCNCC1. The van der Waals surface area contributed by atoms with Gasteiger partial charge in [-0.05, 0) is 38.1 Å². The van der Waals surface area contributed by atoms with Crippen LogP contribution < -0.4 is 5.32 Å². The third-order valence-electron chi connectivity index (χ3n) is 2.40. The monoisotopic (exact) mass is 281 g/mol. The predicted octanol–water partition coefficient (Wildman–Crippen LogP) is 1.41. The minimum Gasteiger partial charge on any atom is -0.317 e. The van der Waals surface area contributed by atoms with E-state index in [0.29, 0.717) is 10.2 Å². The lowest BCUT2D eigenvalue weighted by Gasteiger charge is -2.21. The molecule has 0 bridgehead atoms. The topological polar surface area (TPSA) is 54.9 Å². The number of hydrogen-bond acceptors (Lipinski definition) is 4. The number of hydrogen-bond donors (Lipinski definition) is 1. The van der Waals surface area contributed by atoms with Gasteiger partial charge >= 0.3 is 0 Å². The second-order valence-corrected chi connectivity index (χ2v) is 5.51. The van der Waals surface area contributed by atoms with E-state index in [2.05, 4.69) is 15.5 Å². The Morgan fingerprint density at radius 3 is 2.56 bits per heavy atom. The predicted molar refractivity (Wildman–Crippen MR) is 66.6 cm³/mol. The molecule has 0 amide bonds. The molecule has 0 aromatic carbocycles. The molecule has 1 aliphatic rings. The van der Waals surface area contributed by atoms with Gasteiger partial charge in [-0.1, -0.05) is 11.6 Å². The van der Waals surface area contributed by atoms with E-state index in [9.17, 15) is 4.21 Å². The lowest BCUT2D eigenvalue weighted by molar-refractivity contribution is 0.518. The largest absolute Gasteiger partial charge is 0.317 e. The van der Waals surface area contributed by atoms with Gasteiger partial charge in [0.05, 0.1) is 10.8 Å². The third-order valence-corrected chi connectivity index (χ3v) is 4.31. The molecule has 2 heterocycles. The zero-order valence-electron chi connectivity index (χ0n) is 8.56. The first-order valence-corrected chi connectivity index (χ1v) is 6.47. The minimum absolute atomic E-state index is 0. The highest BCUT2D eigenvalue weighted by atomic mass is 35.5. The summed E-state index contributed by atoms with van der Waals surface area (Å²) in [5.41, 5.74) is 0. The Balaban J connectivity index is 0.00000128. The van der Waals surface area contributed by atoms with Crippen LogP contribution in [0.1, 0.15) is 12.8 Å². The smallest absolute Gasteiger partial charge is 0.151 e. The van der Waals surface area contributed by atoms with Gasteiger partial charge in [-0.3, -0.25) is 4.21 Å². The summed E-state index contributed by atoms with van der Waals surface area (Å²) in [6, 6.07) is 3.32. The van der Waals surface area contributed by atoms with Crippen molar-refractivity contribution in [1.29, 1.82) is 0 Å². The molecule has 0 aliphatic carbocycles. The molecular weight excluding hydrogens is 269 g/mol. The molecule has 1 aromatic heterocycles. The minimum atomic E-state index is -1.05. The van der Waals surface area contributed by atoms with Crippen molar-refractivity contribution in [2.45, 2.75) is 23.1 Å². The van der Waals surface area contributed by atoms with Crippen molar-refractivity contribution in [3.05, 3.63) is 17.3 Å². The van der Waals surface area contributed by atoms with Crippen molar-refractivity contribution >= 4 is 34.8 Å². The first-order valence-electron chi connectivity index (χ1n) is 4.88. The van der Waals surface area contributed by atoms with Gasteiger partial charge in [0, 0.05) is 5.25 Å². The second-order valence-electron chi connectivity index (χ2n) is 3.44. The van der Waals surface area contributed by atoms with Gasteiger partial charge in [0.25, 0.3) is 0 Å². The average molecular weight is 282 g/mol. The van der Waals surface area contributed by atoms with Crippen LogP contribution in [0.2, 0.25) is 5.15 Å². The van der Waals surface area contributed by atoms with Crippen molar-refractivity contribution in [3.63, 3.8) is 0 Å². The number of rotatable bonds is 2. The summed E-state index contributed by atoms with van der Waals surface area (Å²) in [5, 5.41) is 11.9. The Hall–Kier alpha value is -0.230. The van der Waals surface area contributed by atoms with Gasteiger partial charge in [-0.15, -0.1) is 22.6 Å². The molecule has 4 nitrogen and oxygen atoms in total. The molecule has 1 aromatic rings. The Morgan fingerprint density at radius 2 is 2.00 bits per heavy atom. The fraction of sp³-hybridized carbons (Fsp3) is 0.556. The molecule has 1 atom stereocenters. The summed E-state index contributed by atoms with van der Waals surface area (Å²) >= 11 is 5.62. The van der Waals surface area contributed by atoms with Crippen LogP contribution in [0, 0.1) is 0 Å². The number of halogens is 2. The summed E-state index contributed by atoms with van der Waals surface area (Å²) in [6.45, 7) is 1.86. The van der Waals surface area contributed by atoms with Crippen LogP contribution in [0.3, 0.4) is 0 Å². The molecule has 0 spiro atoms. The second kappa shape index (κ2) is 6.49. The van der Waals surface area contributed by atoms with Gasteiger partial charge in [0.15, 0.2) is 5.15 Å². The maximum atomic E-state index is 12.0. The molecule has 90 valence electrons. The average Bonchev–Trinajstić information content (AvgIpc) is 2.30. The van der Waals surface area contributed by atoms with Crippen molar-refractivity contribution in [3.8, 4) is 0 Å².